The third-order valence-electron chi connectivity index (χ3n) is 3.45. The van der Waals surface area contributed by atoms with Crippen LogP contribution in [0.2, 0.25) is 0 Å². The van der Waals surface area contributed by atoms with Crippen molar-refractivity contribution in [3.63, 3.8) is 0 Å². The van der Waals surface area contributed by atoms with E-state index in [-0.39, 0.29) is 5.82 Å². The summed E-state index contributed by atoms with van der Waals surface area (Å²) in [6.07, 6.45) is 5.25. The maximum absolute atomic E-state index is 13.4. The first kappa shape index (κ1) is 12.8. The van der Waals surface area contributed by atoms with Crippen molar-refractivity contribution in [3.8, 4) is 0 Å². The van der Waals surface area contributed by atoms with Gasteiger partial charge in [0.15, 0.2) is 0 Å². The molecule has 1 fully saturated rings. The SMILES string of the molecule is Fc1cccc(C(CNC2CC2)Cc2nccs2)c1. The van der Waals surface area contributed by atoms with Crippen LogP contribution < -0.4 is 5.32 Å². The average Bonchev–Trinajstić information content (AvgIpc) is 3.10. The molecule has 2 nitrogen and oxygen atoms in total. The molecule has 1 aliphatic carbocycles. The van der Waals surface area contributed by atoms with Gasteiger partial charge in [-0.1, -0.05) is 12.1 Å². The van der Waals surface area contributed by atoms with Crippen LogP contribution in [0.25, 0.3) is 0 Å². The molecule has 100 valence electrons. The highest BCUT2D eigenvalue weighted by Crippen LogP contribution is 2.25. The molecule has 0 radical (unpaired) electrons. The number of hydrogen-bond acceptors (Lipinski definition) is 3. The number of aromatic nitrogens is 1. The van der Waals surface area contributed by atoms with Gasteiger partial charge in [0, 0.05) is 36.5 Å². The van der Waals surface area contributed by atoms with Crippen LogP contribution >= 0.6 is 11.3 Å². The molecular formula is C15H17FN2S. The summed E-state index contributed by atoms with van der Waals surface area (Å²) in [7, 11) is 0. The number of nitrogens with zero attached hydrogens (tertiary/aromatic N) is 1. The third kappa shape index (κ3) is 3.61. The van der Waals surface area contributed by atoms with Crippen LogP contribution in [0.4, 0.5) is 4.39 Å². The number of thiazole rings is 1. The van der Waals surface area contributed by atoms with Gasteiger partial charge in [-0.05, 0) is 30.5 Å². The Balaban J connectivity index is 1.73. The lowest BCUT2D eigenvalue weighted by Crippen LogP contribution is -2.24. The summed E-state index contributed by atoms with van der Waals surface area (Å²) in [5, 5.41) is 6.65. The Bertz CT molecular complexity index is 523. The Hall–Kier alpha value is -1.26. The fraction of sp³-hybridized carbons (Fsp3) is 0.400. The maximum atomic E-state index is 13.4. The normalized spacial score (nSPS) is 16.5. The topological polar surface area (TPSA) is 24.9 Å². The van der Waals surface area contributed by atoms with Crippen LogP contribution in [0.3, 0.4) is 0 Å². The fourth-order valence-electron chi connectivity index (χ4n) is 2.23. The van der Waals surface area contributed by atoms with Crippen molar-refractivity contribution in [2.45, 2.75) is 31.2 Å². The first-order valence-corrected chi connectivity index (χ1v) is 7.56. The first-order valence-electron chi connectivity index (χ1n) is 6.68. The molecule has 0 spiro atoms. The van der Waals surface area contributed by atoms with Gasteiger partial charge in [0.2, 0.25) is 0 Å². The predicted octanol–water partition coefficient (Wildman–Crippen LogP) is 3.36. The Morgan fingerprint density at radius 3 is 3.00 bits per heavy atom. The minimum Gasteiger partial charge on any atom is -0.313 e. The van der Waals surface area contributed by atoms with Crippen molar-refractivity contribution in [1.82, 2.24) is 10.3 Å². The summed E-state index contributed by atoms with van der Waals surface area (Å²) < 4.78 is 13.4. The Morgan fingerprint density at radius 2 is 2.32 bits per heavy atom. The molecule has 1 aliphatic rings. The van der Waals surface area contributed by atoms with E-state index in [1.54, 1.807) is 23.5 Å². The van der Waals surface area contributed by atoms with Crippen LogP contribution in [-0.2, 0) is 6.42 Å². The van der Waals surface area contributed by atoms with Gasteiger partial charge in [0.05, 0.1) is 5.01 Å². The van der Waals surface area contributed by atoms with Gasteiger partial charge in [0.1, 0.15) is 5.82 Å². The van der Waals surface area contributed by atoms with E-state index in [1.165, 1.54) is 18.9 Å². The standard InChI is InChI=1S/C15H17FN2S/c16-13-3-1-2-11(8-13)12(10-18-14-4-5-14)9-15-17-6-7-19-15/h1-3,6-8,12,14,18H,4-5,9-10H2. The van der Waals surface area contributed by atoms with E-state index in [9.17, 15) is 4.39 Å². The molecule has 0 bridgehead atoms. The van der Waals surface area contributed by atoms with Crippen LogP contribution in [-0.4, -0.2) is 17.6 Å². The van der Waals surface area contributed by atoms with Crippen molar-refractivity contribution in [2.24, 2.45) is 0 Å². The summed E-state index contributed by atoms with van der Waals surface area (Å²) in [6, 6.07) is 7.62. The average molecular weight is 276 g/mol. The molecule has 1 N–H and O–H groups in total. The summed E-state index contributed by atoms with van der Waals surface area (Å²) in [5.41, 5.74) is 1.06. The second-order valence-electron chi connectivity index (χ2n) is 5.06. The molecule has 19 heavy (non-hydrogen) atoms. The van der Waals surface area contributed by atoms with Crippen LogP contribution in [0.15, 0.2) is 35.8 Å². The second kappa shape index (κ2) is 5.80. The van der Waals surface area contributed by atoms with E-state index in [0.29, 0.717) is 12.0 Å². The second-order valence-corrected chi connectivity index (χ2v) is 6.04. The summed E-state index contributed by atoms with van der Waals surface area (Å²) in [4.78, 5) is 4.34. The van der Waals surface area contributed by atoms with Gasteiger partial charge in [-0.15, -0.1) is 11.3 Å². The summed E-state index contributed by atoms with van der Waals surface area (Å²) in [5.74, 6) is 0.135. The zero-order valence-corrected chi connectivity index (χ0v) is 11.5. The van der Waals surface area contributed by atoms with Crippen molar-refractivity contribution < 1.29 is 4.39 Å². The molecule has 0 saturated heterocycles. The minimum atomic E-state index is -0.159. The van der Waals surface area contributed by atoms with Gasteiger partial charge in [-0.2, -0.15) is 0 Å². The largest absolute Gasteiger partial charge is 0.313 e. The fourth-order valence-corrected chi connectivity index (χ4v) is 2.93. The number of hydrogen-bond donors (Lipinski definition) is 1. The van der Waals surface area contributed by atoms with Crippen molar-refractivity contribution in [1.29, 1.82) is 0 Å². The van der Waals surface area contributed by atoms with E-state index in [4.69, 9.17) is 0 Å². The van der Waals surface area contributed by atoms with E-state index >= 15 is 0 Å². The van der Waals surface area contributed by atoms with Gasteiger partial charge < -0.3 is 5.32 Å². The number of rotatable bonds is 6. The van der Waals surface area contributed by atoms with E-state index < -0.39 is 0 Å². The zero-order chi connectivity index (χ0) is 13.1. The van der Waals surface area contributed by atoms with Crippen LogP contribution in [0.1, 0.15) is 29.3 Å². The Labute approximate surface area is 116 Å². The molecule has 0 amide bonds. The highest BCUT2D eigenvalue weighted by molar-refractivity contribution is 7.09. The van der Waals surface area contributed by atoms with E-state index in [2.05, 4.69) is 10.3 Å². The van der Waals surface area contributed by atoms with Crippen LogP contribution in [0.5, 0.6) is 0 Å². The molecule has 1 heterocycles. The Morgan fingerprint density at radius 1 is 1.42 bits per heavy atom. The first-order chi connectivity index (χ1) is 9.31. The zero-order valence-electron chi connectivity index (χ0n) is 10.7. The molecule has 1 saturated carbocycles. The lowest BCUT2D eigenvalue weighted by Gasteiger charge is -2.17. The van der Waals surface area contributed by atoms with E-state index in [1.807, 2.05) is 17.6 Å². The molecule has 1 aromatic heterocycles. The number of benzene rings is 1. The quantitative estimate of drug-likeness (QED) is 0.875. The third-order valence-corrected chi connectivity index (χ3v) is 4.26. The molecule has 2 aromatic rings. The molecular weight excluding hydrogens is 259 g/mol. The maximum Gasteiger partial charge on any atom is 0.123 e. The van der Waals surface area contributed by atoms with Crippen molar-refractivity contribution in [2.75, 3.05) is 6.54 Å². The van der Waals surface area contributed by atoms with Gasteiger partial charge in [0.25, 0.3) is 0 Å². The van der Waals surface area contributed by atoms with Gasteiger partial charge >= 0.3 is 0 Å². The number of nitrogens with one attached hydrogen (secondary N) is 1. The highest BCUT2D eigenvalue weighted by atomic mass is 32.1. The molecule has 1 atom stereocenters. The smallest absolute Gasteiger partial charge is 0.123 e. The lowest BCUT2D eigenvalue weighted by molar-refractivity contribution is 0.568. The lowest BCUT2D eigenvalue weighted by atomic mass is 9.95. The van der Waals surface area contributed by atoms with Crippen molar-refractivity contribution in [3.05, 3.63) is 52.2 Å². The summed E-state index contributed by atoms with van der Waals surface area (Å²) >= 11 is 1.67. The molecule has 1 unspecified atom stereocenters. The van der Waals surface area contributed by atoms with Crippen molar-refractivity contribution >= 4 is 11.3 Å². The molecule has 1 aromatic carbocycles. The molecule has 4 heteroatoms. The van der Waals surface area contributed by atoms with E-state index in [0.717, 1.165) is 23.5 Å². The predicted molar refractivity (Wildman–Crippen MR) is 76.0 cm³/mol. The monoisotopic (exact) mass is 276 g/mol. The summed E-state index contributed by atoms with van der Waals surface area (Å²) in [6.45, 7) is 0.897. The minimum absolute atomic E-state index is 0.159. The molecule has 0 aliphatic heterocycles. The Kier molecular flexibility index (Phi) is 3.89. The van der Waals surface area contributed by atoms with Gasteiger partial charge in [-0.25, -0.2) is 9.37 Å². The number of halogens is 1. The van der Waals surface area contributed by atoms with Crippen LogP contribution in [0, 0.1) is 5.82 Å². The molecule has 3 rings (SSSR count). The van der Waals surface area contributed by atoms with Gasteiger partial charge in [-0.3, -0.25) is 0 Å². The highest BCUT2D eigenvalue weighted by Gasteiger charge is 2.23.